The zero-order valence-corrected chi connectivity index (χ0v) is 11.7. The van der Waals surface area contributed by atoms with Gasteiger partial charge in [0.05, 0.1) is 13.0 Å². The zero-order chi connectivity index (χ0) is 15.1. The average molecular weight is 293 g/mol. The summed E-state index contributed by atoms with van der Waals surface area (Å²) in [5.74, 6) is 0.334. The molecule has 2 amide bonds. The van der Waals surface area contributed by atoms with E-state index in [1.165, 1.54) is 12.8 Å². The van der Waals surface area contributed by atoms with Gasteiger partial charge < -0.3 is 20.5 Å². The van der Waals surface area contributed by atoms with E-state index in [2.05, 4.69) is 15.6 Å². The van der Waals surface area contributed by atoms with Crippen molar-refractivity contribution in [2.75, 3.05) is 13.2 Å². The number of carboxylic acids is 1. The van der Waals surface area contributed by atoms with E-state index in [9.17, 15) is 9.59 Å². The third kappa shape index (κ3) is 6.11. The van der Waals surface area contributed by atoms with Crippen molar-refractivity contribution in [1.82, 2.24) is 15.6 Å². The molecular formula is C14H19N3O4. The molecule has 0 bridgehead atoms. The minimum Gasteiger partial charge on any atom is -0.481 e. The van der Waals surface area contributed by atoms with Crippen LogP contribution in [-0.2, 0) is 11.3 Å². The molecule has 1 aliphatic rings. The molecule has 1 aliphatic carbocycles. The maximum Gasteiger partial charge on any atom is 0.315 e. The number of rotatable bonds is 8. The van der Waals surface area contributed by atoms with Crippen molar-refractivity contribution in [3.63, 3.8) is 0 Å². The van der Waals surface area contributed by atoms with Crippen LogP contribution in [-0.4, -0.2) is 35.2 Å². The largest absolute Gasteiger partial charge is 0.481 e. The van der Waals surface area contributed by atoms with Gasteiger partial charge in [-0.1, -0.05) is 6.07 Å². The Hall–Kier alpha value is -2.31. The van der Waals surface area contributed by atoms with Crippen molar-refractivity contribution in [1.29, 1.82) is 0 Å². The van der Waals surface area contributed by atoms with Gasteiger partial charge in [-0.2, -0.15) is 0 Å². The lowest BCUT2D eigenvalue weighted by Crippen LogP contribution is -2.36. The second-order valence-corrected chi connectivity index (χ2v) is 5.01. The predicted molar refractivity (Wildman–Crippen MR) is 74.9 cm³/mol. The minimum absolute atomic E-state index is 0.0952. The van der Waals surface area contributed by atoms with Crippen LogP contribution in [0.3, 0.4) is 0 Å². The van der Waals surface area contributed by atoms with Crippen LogP contribution in [0, 0.1) is 5.92 Å². The highest BCUT2D eigenvalue weighted by Crippen LogP contribution is 2.29. The number of carboxylic acid groups (broad SMARTS) is 1. The number of amides is 2. The zero-order valence-electron chi connectivity index (χ0n) is 11.7. The highest BCUT2D eigenvalue weighted by atomic mass is 16.5. The Labute approximate surface area is 122 Å². The van der Waals surface area contributed by atoms with Crippen LogP contribution in [0.4, 0.5) is 4.79 Å². The van der Waals surface area contributed by atoms with Crippen molar-refractivity contribution in [3.05, 3.63) is 23.9 Å². The fourth-order valence-corrected chi connectivity index (χ4v) is 1.62. The maximum atomic E-state index is 11.4. The van der Waals surface area contributed by atoms with Crippen LogP contribution in [0.5, 0.6) is 5.88 Å². The Morgan fingerprint density at radius 1 is 1.33 bits per heavy atom. The van der Waals surface area contributed by atoms with Gasteiger partial charge in [-0.25, -0.2) is 9.78 Å². The number of hydrogen-bond acceptors (Lipinski definition) is 4. The second-order valence-electron chi connectivity index (χ2n) is 5.01. The van der Waals surface area contributed by atoms with Crippen molar-refractivity contribution >= 4 is 12.0 Å². The first kappa shape index (κ1) is 15.1. The quantitative estimate of drug-likeness (QED) is 0.667. The lowest BCUT2D eigenvalue weighted by atomic mass is 10.3. The molecule has 0 aromatic carbocycles. The third-order valence-corrected chi connectivity index (χ3v) is 3.04. The Morgan fingerprint density at radius 3 is 2.76 bits per heavy atom. The summed E-state index contributed by atoms with van der Waals surface area (Å²) < 4.78 is 5.52. The molecule has 21 heavy (non-hydrogen) atoms. The Kier molecular flexibility index (Phi) is 5.36. The van der Waals surface area contributed by atoms with Crippen LogP contribution < -0.4 is 15.4 Å². The van der Waals surface area contributed by atoms with E-state index >= 15 is 0 Å². The molecule has 0 atom stereocenters. The molecule has 1 heterocycles. The van der Waals surface area contributed by atoms with Gasteiger partial charge in [0.25, 0.3) is 0 Å². The molecule has 0 aliphatic heterocycles. The number of carbonyl (C=O) groups excluding carboxylic acids is 1. The molecule has 0 spiro atoms. The molecule has 7 heteroatoms. The average Bonchev–Trinajstić information content (AvgIpc) is 3.28. The monoisotopic (exact) mass is 293 g/mol. The summed E-state index contributed by atoms with van der Waals surface area (Å²) in [4.78, 5) is 25.9. The van der Waals surface area contributed by atoms with E-state index in [1.54, 1.807) is 12.3 Å². The number of carbonyl (C=O) groups is 2. The van der Waals surface area contributed by atoms with Crippen LogP contribution in [0.2, 0.25) is 0 Å². The molecule has 1 aromatic rings. The molecular weight excluding hydrogens is 274 g/mol. The van der Waals surface area contributed by atoms with Crippen molar-refractivity contribution in [3.8, 4) is 5.88 Å². The highest BCUT2D eigenvalue weighted by Gasteiger charge is 2.21. The molecule has 114 valence electrons. The summed E-state index contributed by atoms with van der Waals surface area (Å²) in [7, 11) is 0. The lowest BCUT2D eigenvalue weighted by molar-refractivity contribution is -0.136. The standard InChI is InChI=1S/C14H19N3O4/c18-13(19)5-6-15-14(20)17-8-11-3-4-12(16-7-11)21-9-10-1-2-10/h3-4,7,10H,1-2,5-6,8-9H2,(H,18,19)(H2,15,17,20). The number of aliphatic carboxylic acids is 1. The van der Waals surface area contributed by atoms with Crippen molar-refractivity contribution in [2.24, 2.45) is 5.92 Å². The number of aromatic nitrogens is 1. The van der Waals surface area contributed by atoms with E-state index in [1.807, 2.05) is 6.07 Å². The molecule has 0 unspecified atom stereocenters. The van der Waals surface area contributed by atoms with Crippen LogP contribution >= 0.6 is 0 Å². The number of hydrogen-bond donors (Lipinski definition) is 3. The van der Waals surface area contributed by atoms with Crippen LogP contribution in [0.15, 0.2) is 18.3 Å². The first-order valence-electron chi connectivity index (χ1n) is 6.94. The number of pyridine rings is 1. The fourth-order valence-electron chi connectivity index (χ4n) is 1.62. The highest BCUT2D eigenvalue weighted by molar-refractivity contribution is 5.74. The fraction of sp³-hybridized carbons (Fsp3) is 0.500. The summed E-state index contributed by atoms with van der Waals surface area (Å²) >= 11 is 0. The summed E-state index contributed by atoms with van der Waals surface area (Å²) in [5, 5.41) is 13.5. The van der Waals surface area contributed by atoms with Gasteiger partial charge in [-0.3, -0.25) is 4.79 Å². The van der Waals surface area contributed by atoms with Gasteiger partial charge in [0.2, 0.25) is 5.88 Å². The molecule has 2 rings (SSSR count). The van der Waals surface area contributed by atoms with Gasteiger partial charge >= 0.3 is 12.0 Å². The molecule has 3 N–H and O–H groups in total. The summed E-state index contributed by atoms with van der Waals surface area (Å²) in [6, 6.07) is 3.22. The van der Waals surface area contributed by atoms with Gasteiger partial charge in [-0.15, -0.1) is 0 Å². The number of urea groups is 1. The lowest BCUT2D eigenvalue weighted by Gasteiger charge is -2.07. The Morgan fingerprint density at radius 2 is 2.14 bits per heavy atom. The van der Waals surface area contributed by atoms with Gasteiger partial charge in [0.1, 0.15) is 0 Å². The Balaban J connectivity index is 1.65. The molecule has 1 aromatic heterocycles. The van der Waals surface area contributed by atoms with Gasteiger partial charge in [0.15, 0.2) is 0 Å². The predicted octanol–water partition coefficient (Wildman–Crippen LogP) is 1.14. The number of nitrogens with one attached hydrogen (secondary N) is 2. The van der Waals surface area contributed by atoms with Crippen LogP contribution in [0.25, 0.3) is 0 Å². The van der Waals surface area contributed by atoms with Crippen molar-refractivity contribution in [2.45, 2.75) is 25.8 Å². The smallest absolute Gasteiger partial charge is 0.315 e. The minimum atomic E-state index is -0.943. The summed E-state index contributed by atoms with van der Waals surface area (Å²) in [6.07, 6.45) is 4.03. The normalized spacial score (nSPS) is 13.5. The molecule has 1 fully saturated rings. The maximum absolute atomic E-state index is 11.4. The van der Waals surface area contributed by atoms with E-state index in [0.717, 1.165) is 12.2 Å². The number of nitrogens with zero attached hydrogens (tertiary/aromatic N) is 1. The summed E-state index contributed by atoms with van der Waals surface area (Å²) in [6.45, 7) is 1.15. The van der Waals surface area contributed by atoms with E-state index < -0.39 is 12.0 Å². The first-order valence-corrected chi connectivity index (χ1v) is 6.94. The van der Waals surface area contributed by atoms with Crippen LogP contribution in [0.1, 0.15) is 24.8 Å². The SMILES string of the molecule is O=C(O)CCNC(=O)NCc1ccc(OCC2CC2)nc1. The van der Waals surface area contributed by atoms with Crippen molar-refractivity contribution < 1.29 is 19.4 Å². The summed E-state index contributed by atoms with van der Waals surface area (Å²) in [5.41, 5.74) is 0.849. The van der Waals surface area contributed by atoms with Gasteiger partial charge in [-0.05, 0) is 24.3 Å². The third-order valence-electron chi connectivity index (χ3n) is 3.04. The molecule has 7 nitrogen and oxygen atoms in total. The molecule has 1 saturated carbocycles. The molecule has 0 saturated heterocycles. The second kappa shape index (κ2) is 7.47. The first-order chi connectivity index (χ1) is 10.1. The topological polar surface area (TPSA) is 101 Å². The van der Waals surface area contributed by atoms with E-state index in [4.69, 9.17) is 9.84 Å². The number of ether oxygens (including phenoxy) is 1. The van der Waals surface area contributed by atoms with E-state index in [-0.39, 0.29) is 13.0 Å². The van der Waals surface area contributed by atoms with Gasteiger partial charge in [0, 0.05) is 25.4 Å². The Bertz CT molecular complexity index is 485. The van der Waals surface area contributed by atoms with E-state index in [0.29, 0.717) is 18.3 Å². The molecule has 0 radical (unpaired) electrons.